The van der Waals surface area contributed by atoms with Crippen LogP contribution in [0.15, 0.2) is 48.5 Å². The van der Waals surface area contributed by atoms with Gasteiger partial charge in [0, 0.05) is 6.54 Å². The van der Waals surface area contributed by atoms with E-state index in [1.807, 2.05) is 48.2 Å². The number of halogens is 3. The highest BCUT2D eigenvalue weighted by molar-refractivity contribution is 5.61. The van der Waals surface area contributed by atoms with Crippen LogP contribution in [0.5, 0.6) is 0 Å². The molecule has 3 rings (SSSR count). The fourth-order valence-electron chi connectivity index (χ4n) is 3.12. The van der Waals surface area contributed by atoms with Gasteiger partial charge in [-0.25, -0.2) is 0 Å². The van der Waals surface area contributed by atoms with E-state index >= 15 is 0 Å². The second-order valence-corrected chi connectivity index (χ2v) is 6.21. The molecule has 1 aliphatic rings. The van der Waals surface area contributed by atoms with Crippen LogP contribution in [0, 0.1) is 11.3 Å². The standard InChI is InChI=1S/C19H17F3N2O/c1-18(15-5-3-2-4-6-15)13-24(9-10-25-18)17-8-7-16(19(20,21)22)11-14(17)12-23/h2-8,11H,9-10,13H2,1H3. The van der Waals surface area contributed by atoms with Crippen molar-refractivity contribution in [2.75, 3.05) is 24.6 Å². The molecule has 0 aromatic heterocycles. The topological polar surface area (TPSA) is 36.3 Å². The number of hydrogen-bond acceptors (Lipinski definition) is 3. The molecular weight excluding hydrogens is 329 g/mol. The van der Waals surface area contributed by atoms with Crippen LogP contribution < -0.4 is 4.90 Å². The Labute approximate surface area is 144 Å². The van der Waals surface area contributed by atoms with Gasteiger partial charge in [0.15, 0.2) is 0 Å². The molecule has 1 saturated heterocycles. The first kappa shape index (κ1) is 17.3. The molecule has 130 valence electrons. The van der Waals surface area contributed by atoms with Crippen LogP contribution in [0.1, 0.15) is 23.6 Å². The lowest BCUT2D eigenvalue weighted by Crippen LogP contribution is -2.48. The van der Waals surface area contributed by atoms with Gasteiger partial charge in [-0.1, -0.05) is 30.3 Å². The first-order valence-corrected chi connectivity index (χ1v) is 7.89. The van der Waals surface area contributed by atoms with Gasteiger partial charge in [0.05, 0.1) is 30.0 Å². The molecule has 1 heterocycles. The van der Waals surface area contributed by atoms with Crippen LogP contribution >= 0.6 is 0 Å². The van der Waals surface area contributed by atoms with Crippen molar-refractivity contribution in [2.24, 2.45) is 0 Å². The maximum absolute atomic E-state index is 12.9. The lowest BCUT2D eigenvalue weighted by Gasteiger charge is -2.42. The Balaban J connectivity index is 1.93. The molecule has 0 aliphatic carbocycles. The molecule has 2 aromatic carbocycles. The van der Waals surface area contributed by atoms with E-state index in [0.717, 1.165) is 17.7 Å². The van der Waals surface area contributed by atoms with E-state index in [4.69, 9.17) is 4.74 Å². The van der Waals surface area contributed by atoms with Crippen molar-refractivity contribution in [3.05, 3.63) is 65.2 Å². The van der Waals surface area contributed by atoms with Gasteiger partial charge in [-0.3, -0.25) is 0 Å². The summed E-state index contributed by atoms with van der Waals surface area (Å²) in [6, 6.07) is 14.9. The fraction of sp³-hybridized carbons (Fsp3) is 0.316. The van der Waals surface area contributed by atoms with Crippen LogP contribution in [0.2, 0.25) is 0 Å². The third-order valence-corrected chi connectivity index (χ3v) is 4.44. The second-order valence-electron chi connectivity index (χ2n) is 6.21. The molecule has 0 N–H and O–H groups in total. The van der Waals surface area contributed by atoms with Crippen LogP contribution in [-0.4, -0.2) is 19.7 Å². The zero-order valence-electron chi connectivity index (χ0n) is 13.7. The molecule has 0 spiro atoms. The summed E-state index contributed by atoms with van der Waals surface area (Å²) in [6.07, 6.45) is -4.46. The summed E-state index contributed by atoms with van der Waals surface area (Å²) < 4.78 is 44.6. The summed E-state index contributed by atoms with van der Waals surface area (Å²) in [5, 5.41) is 9.31. The van der Waals surface area contributed by atoms with Crippen LogP contribution in [0.25, 0.3) is 0 Å². The van der Waals surface area contributed by atoms with Crippen LogP contribution in [-0.2, 0) is 16.5 Å². The maximum Gasteiger partial charge on any atom is 0.416 e. The Kier molecular flexibility index (Phi) is 4.44. The molecule has 0 radical (unpaired) electrons. The summed E-state index contributed by atoms with van der Waals surface area (Å²) >= 11 is 0. The van der Waals surface area contributed by atoms with Gasteiger partial charge in [-0.15, -0.1) is 0 Å². The average Bonchev–Trinajstić information content (AvgIpc) is 2.61. The van der Waals surface area contributed by atoms with Gasteiger partial charge >= 0.3 is 6.18 Å². The minimum atomic E-state index is -4.46. The van der Waals surface area contributed by atoms with E-state index in [2.05, 4.69) is 0 Å². The Bertz CT molecular complexity index is 799. The van der Waals surface area contributed by atoms with Gasteiger partial charge in [0.2, 0.25) is 0 Å². The molecular formula is C19H17F3N2O. The molecule has 1 unspecified atom stereocenters. The zero-order valence-corrected chi connectivity index (χ0v) is 13.7. The van der Waals surface area contributed by atoms with Crippen molar-refractivity contribution >= 4 is 5.69 Å². The van der Waals surface area contributed by atoms with E-state index < -0.39 is 17.3 Å². The normalized spacial score (nSPS) is 21.0. The Morgan fingerprint density at radius 2 is 1.88 bits per heavy atom. The van der Waals surface area contributed by atoms with Gasteiger partial charge in [0.1, 0.15) is 11.7 Å². The van der Waals surface area contributed by atoms with E-state index in [1.54, 1.807) is 0 Å². The van der Waals surface area contributed by atoms with Crippen LogP contribution in [0.4, 0.5) is 18.9 Å². The fourth-order valence-corrected chi connectivity index (χ4v) is 3.12. The maximum atomic E-state index is 12.9. The van der Waals surface area contributed by atoms with Crippen molar-refractivity contribution in [3.63, 3.8) is 0 Å². The molecule has 3 nitrogen and oxygen atoms in total. The number of morpholine rings is 1. The largest absolute Gasteiger partial charge is 0.416 e. The number of hydrogen-bond donors (Lipinski definition) is 0. The van der Waals surface area contributed by atoms with Gasteiger partial charge in [-0.2, -0.15) is 18.4 Å². The lowest BCUT2D eigenvalue weighted by atomic mass is 9.93. The van der Waals surface area contributed by atoms with E-state index in [-0.39, 0.29) is 5.56 Å². The monoisotopic (exact) mass is 346 g/mol. The van der Waals surface area contributed by atoms with Gasteiger partial charge in [-0.05, 0) is 30.7 Å². The van der Waals surface area contributed by atoms with Gasteiger partial charge < -0.3 is 9.64 Å². The second kappa shape index (κ2) is 6.41. The quantitative estimate of drug-likeness (QED) is 0.812. The molecule has 1 atom stereocenters. The van der Waals surface area contributed by atoms with Crippen molar-refractivity contribution in [1.29, 1.82) is 5.26 Å². The van der Waals surface area contributed by atoms with Crippen molar-refractivity contribution < 1.29 is 17.9 Å². The third-order valence-electron chi connectivity index (χ3n) is 4.44. The number of nitriles is 1. The molecule has 1 fully saturated rings. The summed E-state index contributed by atoms with van der Waals surface area (Å²) in [4.78, 5) is 1.91. The molecule has 25 heavy (non-hydrogen) atoms. The summed E-state index contributed by atoms with van der Waals surface area (Å²) in [6.45, 7) is 3.35. The van der Waals surface area contributed by atoms with Crippen LogP contribution in [0.3, 0.4) is 0 Å². The number of nitrogens with zero attached hydrogens (tertiary/aromatic N) is 2. The highest BCUT2D eigenvalue weighted by atomic mass is 19.4. The van der Waals surface area contributed by atoms with Crippen molar-refractivity contribution in [3.8, 4) is 6.07 Å². The molecule has 0 amide bonds. The average molecular weight is 346 g/mol. The summed E-state index contributed by atoms with van der Waals surface area (Å²) in [5.74, 6) is 0. The smallest absolute Gasteiger partial charge is 0.367 e. The molecule has 2 aromatic rings. The summed E-state index contributed by atoms with van der Waals surface area (Å²) in [7, 11) is 0. The molecule has 1 aliphatic heterocycles. The molecule has 0 bridgehead atoms. The number of benzene rings is 2. The minimum Gasteiger partial charge on any atom is -0.367 e. The summed E-state index contributed by atoms with van der Waals surface area (Å²) in [5.41, 5.74) is 0.111. The van der Waals surface area contributed by atoms with Gasteiger partial charge in [0.25, 0.3) is 0 Å². The molecule has 0 saturated carbocycles. The Morgan fingerprint density at radius 3 is 2.52 bits per heavy atom. The van der Waals surface area contributed by atoms with Crippen molar-refractivity contribution in [1.82, 2.24) is 0 Å². The lowest BCUT2D eigenvalue weighted by molar-refractivity contribution is -0.137. The Hall–Kier alpha value is -2.52. The van der Waals surface area contributed by atoms with Crippen molar-refractivity contribution in [2.45, 2.75) is 18.7 Å². The zero-order chi connectivity index (χ0) is 18.1. The Morgan fingerprint density at radius 1 is 1.16 bits per heavy atom. The predicted molar refractivity (Wildman–Crippen MR) is 88.1 cm³/mol. The predicted octanol–water partition coefficient (Wildman–Crippen LogP) is 4.33. The minimum absolute atomic E-state index is 0.0205. The van der Waals surface area contributed by atoms with E-state index in [9.17, 15) is 18.4 Å². The number of rotatable bonds is 2. The molecule has 6 heteroatoms. The SMILES string of the molecule is CC1(c2ccccc2)CN(c2ccc(C(F)(F)F)cc2C#N)CCO1. The highest BCUT2D eigenvalue weighted by Gasteiger charge is 2.36. The number of anilines is 1. The first-order chi connectivity index (χ1) is 11.8. The highest BCUT2D eigenvalue weighted by Crippen LogP contribution is 2.36. The number of ether oxygens (including phenoxy) is 1. The van der Waals surface area contributed by atoms with E-state index in [1.165, 1.54) is 6.07 Å². The first-order valence-electron chi connectivity index (χ1n) is 7.89. The number of alkyl halides is 3. The van der Waals surface area contributed by atoms with E-state index in [0.29, 0.717) is 25.4 Å². The third kappa shape index (κ3) is 3.47.